The van der Waals surface area contributed by atoms with E-state index in [-0.39, 0.29) is 11.6 Å². The van der Waals surface area contributed by atoms with E-state index in [0.29, 0.717) is 5.95 Å². The van der Waals surface area contributed by atoms with Crippen molar-refractivity contribution >= 4 is 34.9 Å². The van der Waals surface area contributed by atoms with Gasteiger partial charge in [-0.25, -0.2) is 17.5 Å². The van der Waals surface area contributed by atoms with Crippen molar-refractivity contribution in [1.82, 2.24) is 17.7 Å². The van der Waals surface area contributed by atoms with E-state index in [0.717, 1.165) is 23.4 Å². The zero-order valence-electron chi connectivity index (χ0n) is 11.2. The van der Waals surface area contributed by atoms with Crippen LogP contribution in [0.4, 0.5) is 5.95 Å². The summed E-state index contributed by atoms with van der Waals surface area (Å²) in [6.07, 6.45) is 8.52. The Balaban J connectivity index is 1.90. The molecule has 0 unspecified atom stereocenters. The second-order valence-electron chi connectivity index (χ2n) is 4.95. The van der Waals surface area contributed by atoms with Crippen molar-refractivity contribution in [1.29, 1.82) is 0 Å². The first-order valence-electron chi connectivity index (χ1n) is 6.24. The molecule has 0 saturated heterocycles. The Kier molecular flexibility index (Phi) is 3.36. The van der Waals surface area contributed by atoms with Gasteiger partial charge in [-0.1, -0.05) is 6.08 Å². The quantitative estimate of drug-likeness (QED) is 0.800. The summed E-state index contributed by atoms with van der Waals surface area (Å²) in [6.45, 7) is 0. The van der Waals surface area contributed by atoms with E-state index in [4.69, 9.17) is 0 Å². The molecule has 2 aromatic heterocycles. The molecule has 0 aromatic carbocycles. The van der Waals surface area contributed by atoms with Crippen LogP contribution >= 0.6 is 22.9 Å². The number of rotatable bonds is 2. The Morgan fingerprint density at radius 3 is 2.75 bits per heavy atom. The van der Waals surface area contributed by atoms with Crippen LogP contribution < -0.4 is 10.6 Å². The van der Waals surface area contributed by atoms with Crippen molar-refractivity contribution < 1.29 is 0 Å². The monoisotopic (exact) mass is 383 g/mol. The maximum Gasteiger partial charge on any atom is 0.335 e. The predicted molar refractivity (Wildman–Crippen MR) is 86.3 cm³/mol. The molecule has 0 spiro atoms. The van der Waals surface area contributed by atoms with Gasteiger partial charge in [0.2, 0.25) is 5.95 Å². The third-order valence-electron chi connectivity index (χ3n) is 3.36. The Labute approximate surface area is 130 Å². The zero-order chi connectivity index (χ0) is 14.3. The van der Waals surface area contributed by atoms with Crippen LogP contribution in [0, 0.1) is 0 Å². The Morgan fingerprint density at radius 2 is 2.10 bits per heavy atom. The zero-order valence-corrected chi connectivity index (χ0v) is 13.3. The van der Waals surface area contributed by atoms with E-state index in [1.807, 2.05) is 60.3 Å². The van der Waals surface area contributed by atoms with Gasteiger partial charge in [0.15, 0.2) is 0 Å². The summed E-state index contributed by atoms with van der Waals surface area (Å²) in [5, 5.41) is 0. The maximum atomic E-state index is 11.6. The van der Waals surface area contributed by atoms with Gasteiger partial charge in [0.1, 0.15) is 0 Å². The predicted octanol–water partition coefficient (Wildman–Crippen LogP) is 1.58. The number of anilines is 1. The number of allylic oxidation sites excluding steroid dienone is 1. The van der Waals surface area contributed by atoms with Gasteiger partial charge in [-0.15, -0.1) is 0 Å². The average Bonchev–Trinajstić information content (AvgIpc) is 2.74. The first kappa shape index (κ1) is 13.3. The molecule has 20 heavy (non-hydrogen) atoms. The highest BCUT2D eigenvalue weighted by molar-refractivity contribution is 14.1. The van der Waals surface area contributed by atoms with Gasteiger partial charge in [-0.3, -0.25) is 0 Å². The fourth-order valence-corrected chi connectivity index (χ4v) is 2.84. The van der Waals surface area contributed by atoms with Crippen LogP contribution in [0.15, 0.2) is 23.3 Å². The second kappa shape index (κ2) is 5.04. The lowest BCUT2D eigenvalue weighted by atomic mass is 9.91. The van der Waals surface area contributed by atoms with E-state index >= 15 is 0 Å². The highest BCUT2D eigenvalue weighted by Gasteiger charge is 2.21. The molecule has 1 aliphatic carbocycles. The average molecular weight is 383 g/mol. The minimum absolute atomic E-state index is 0.0832. The molecule has 0 bridgehead atoms. The molecular weight excluding hydrogens is 369 g/mol. The van der Waals surface area contributed by atoms with Crippen molar-refractivity contribution in [2.45, 2.75) is 12.3 Å². The summed E-state index contributed by atoms with van der Waals surface area (Å²) < 4.78 is 1.64. The first-order valence-corrected chi connectivity index (χ1v) is 7.20. The number of aromatic nitrogens is 4. The van der Waals surface area contributed by atoms with E-state index < -0.39 is 0 Å². The fraction of sp³-hybridized carbons (Fsp3) is 0.308. The van der Waals surface area contributed by atoms with Crippen molar-refractivity contribution in [3.63, 3.8) is 0 Å². The maximum absolute atomic E-state index is 11.6. The molecular formula is C13H14IN5O. The number of hydrogen-bond acceptors (Lipinski definition) is 4. The van der Waals surface area contributed by atoms with Gasteiger partial charge < -0.3 is 9.88 Å². The number of nitrogens with zero attached hydrogens (tertiary/aromatic N) is 4. The molecule has 0 amide bonds. The summed E-state index contributed by atoms with van der Waals surface area (Å²) in [5.74, 6) is 0.900. The van der Waals surface area contributed by atoms with Crippen LogP contribution in [0.2, 0.25) is 0 Å². The second-order valence-corrected chi connectivity index (χ2v) is 5.92. The van der Waals surface area contributed by atoms with Gasteiger partial charge >= 0.3 is 5.69 Å². The highest BCUT2D eigenvalue weighted by Crippen LogP contribution is 2.28. The minimum atomic E-state index is -0.0832. The van der Waals surface area contributed by atoms with Crippen molar-refractivity contribution in [2.75, 3.05) is 19.0 Å². The Hall–Kier alpha value is -1.64. The smallest absolute Gasteiger partial charge is 0.335 e. The summed E-state index contributed by atoms with van der Waals surface area (Å²) >= 11 is 2.03. The largest absolute Gasteiger partial charge is 0.347 e. The molecule has 7 heteroatoms. The molecule has 0 fully saturated rings. The lowest BCUT2D eigenvalue weighted by Gasteiger charge is -2.18. The lowest BCUT2D eigenvalue weighted by Crippen LogP contribution is -2.14. The van der Waals surface area contributed by atoms with Gasteiger partial charge in [0.05, 0.1) is 34.3 Å². The summed E-state index contributed by atoms with van der Waals surface area (Å²) in [5.41, 5.74) is 2.88. The molecule has 1 atom stereocenters. The van der Waals surface area contributed by atoms with E-state index in [9.17, 15) is 4.79 Å². The Bertz CT molecular complexity index is 713. The van der Waals surface area contributed by atoms with Crippen LogP contribution in [0.1, 0.15) is 22.9 Å². The van der Waals surface area contributed by atoms with Gasteiger partial charge in [-0.05, 0) is 11.6 Å². The molecule has 3 rings (SSSR count). The number of hydrogen-bond donors (Lipinski definition) is 1. The highest BCUT2D eigenvalue weighted by atomic mass is 127. The third kappa shape index (κ3) is 2.26. The van der Waals surface area contributed by atoms with E-state index in [1.165, 1.54) is 0 Å². The van der Waals surface area contributed by atoms with E-state index in [1.54, 1.807) is 2.78 Å². The molecule has 2 heterocycles. The first-order chi connectivity index (χ1) is 9.56. The van der Waals surface area contributed by atoms with Crippen molar-refractivity contribution in [3.8, 4) is 0 Å². The summed E-state index contributed by atoms with van der Waals surface area (Å²) in [4.78, 5) is 25.0. The van der Waals surface area contributed by atoms with Crippen molar-refractivity contribution in [2.24, 2.45) is 0 Å². The number of H-pyrrole nitrogens is 1. The molecule has 1 aliphatic rings. The molecule has 6 nitrogen and oxygen atoms in total. The normalized spacial score (nSPS) is 17.1. The number of halogens is 1. The van der Waals surface area contributed by atoms with Gasteiger partial charge in [-0.2, -0.15) is 0 Å². The van der Waals surface area contributed by atoms with Gasteiger partial charge in [0, 0.05) is 38.8 Å². The molecule has 104 valence electrons. The van der Waals surface area contributed by atoms with Crippen LogP contribution in [0.5, 0.6) is 0 Å². The summed E-state index contributed by atoms with van der Waals surface area (Å²) in [7, 11) is 3.83. The molecule has 2 aromatic rings. The van der Waals surface area contributed by atoms with Crippen LogP contribution in [-0.4, -0.2) is 31.8 Å². The standard InChI is InChI=1S/C13H14IN5O/c1-18(2)12-15-6-9(7-16-12)8-3-4-10-11(5-8)19(14)13(20)17-10/h3-4,6-8H,5H2,1-2H3,(H,17,20)/t8-/m0/s1. The molecule has 0 aliphatic heterocycles. The molecule has 0 saturated carbocycles. The fourth-order valence-electron chi connectivity index (χ4n) is 2.26. The SMILES string of the molecule is CN(C)c1ncc([C@H]2C=Cc3[nH]c(=O)n(I)c3C2)cn1. The third-order valence-corrected chi connectivity index (χ3v) is 4.38. The van der Waals surface area contributed by atoms with Crippen LogP contribution in [0.25, 0.3) is 6.08 Å². The minimum Gasteiger partial charge on any atom is -0.347 e. The number of imidazole rings is 1. The number of fused-ring (bicyclic) bond motifs is 1. The Morgan fingerprint density at radius 1 is 1.40 bits per heavy atom. The lowest BCUT2D eigenvalue weighted by molar-refractivity contribution is 0.787. The van der Waals surface area contributed by atoms with Crippen molar-refractivity contribution in [3.05, 3.63) is 45.9 Å². The van der Waals surface area contributed by atoms with Crippen LogP contribution in [0.3, 0.4) is 0 Å². The number of nitrogens with one attached hydrogen (secondary N) is 1. The van der Waals surface area contributed by atoms with Crippen LogP contribution in [-0.2, 0) is 6.42 Å². The van der Waals surface area contributed by atoms with E-state index in [2.05, 4.69) is 21.0 Å². The summed E-state index contributed by atoms with van der Waals surface area (Å²) in [6, 6.07) is 0. The number of aromatic amines is 1. The molecule has 1 N–H and O–H groups in total. The topological polar surface area (TPSA) is 66.8 Å². The molecule has 0 radical (unpaired) electrons. The van der Waals surface area contributed by atoms with Gasteiger partial charge in [0.25, 0.3) is 0 Å².